The van der Waals surface area contributed by atoms with E-state index in [1.165, 1.54) is 96.3 Å². The summed E-state index contributed by atoms with van der Waals surface area (Å²) in [5, 5.41) is 0. The Labute approximate surface area is 201 Å². The molecule has 0 aliphatic heterocycles. The van der Waals surface area contributed by atoms with Gasteiger partial charge in [0.1, 0.15) is 0 Å². The molecule has 0 bridgehead atoms. The van der Waals surface area contributed by atoms with E-state index in [4.69, 9.17) is 0 Å². The Bertz CT molecular complexity index is 360. The van der Waals surface area contributed by atoms with Gasteiger partial charge < -0.3 is 0 Å². The van der Waals surface area contributed by atoms with Crippen LogP contribution in [-0.2, 0) is 0 Å². The Hall–Kier alpha value is 0.856. The van der Waals surface area contributed by atoms with Crippen molar-refractivity contribution in [3.8, 4) is 0 Å². The zero-order valence-electron chi connectivity index (χ0n) is 16.6. The van der Waals surface area contributed by atoms with Crippen LogP contribution in [-0.4, -0.2) is 51.4 Å². The topological polar surface area (TPSA) is 0 Å². The van der Waals surface area contributed by atoms with Gasteiger partial charge in [0.15, 0.2) is 0 Å². The Kier molecular flexibility index (Phi) is 20.3. The number of hydrogen-bond donors (Lipinski definition) is 0. The van der Waals surface area contributed by atoms with Crippen LogP contribution in [0.4, 0.5) is 0 Å². The molecule has 25 heavy (non-hydrogen) atoms. The van der Waals surface area contributed by atoms with Crippen molar-refractivity contribution in [1.82, 2.24) is 0 Å². The van der Waals surface area contributed by atoms with Gasteiger partial charge in [0.05, 0.1) is 0 Å². The van der Waals surface area contributed by atoms with E-state index in [1.807, 2.05) is 0 Å². The van der Waals surface area contributed by atoms with Crippen molar-refractivity contribution in [1.29, 1.82) is 0 Å². The summed E-state index contributed by atoms with van der Waals surface area (Å²) >= 11 is 0. The molecule has 140 valence electrons. The van der Waals surface area contributed by atoms with Gasteiger partial charge in [-0.05, 0) is 24.3 Å². The molecule has 0 fully saturated rings. The fraction of sp³-hybridized carbons (Fsp3) is 0.750. The number of hydrogen-bond acceptors (Lipinski definition) is 0. The summed E-state index contributed by atoms with van der Waals surface area (Å²) in [6.07, 6.45) is 21.2. The van der Waals surface area contributed by atoms with Crippen LogP contribution in [0.1, 0.15) is 122 Å². The Balaban J connectivity index is 0.00000576. The minimum atomic E-state index is 0. The predicted octanol–water partition coefficient (Wildman–Crippen LogP) is 8.01. The molecule has 0 saturated carbocycles. The maximum absolute atomic E-state index is 2.35. The summed E-state index contributed by atoms with van der Waals surface area (Å²) in [4.78, 5) is 0. The Morgan fingerprint density at radius 1 is 0.560 bits per heavy atom. The van der Waals surface area contributed by atoms with E-state index in [9.17, 15) is 0 Å². The average molecular weight is 371 g/mol. The van der Waals surface area contributed by atoms with Crippen LogP contribution in [0.5, 0.6) is 0 Å². The minimum absolute atomic E-state index is 0. The molecule has 0 nitrogen and oxygen atoms in total. The molecule has 1 aromatic rings. The first-order chi connectivity index (χ1) is 11.9. The van der Waals surface area contributed by atoms with E-state index in [2.05, 4.69) is 44.2 Å². The third kappa shape index (κ3) is 14.6. The third-order valence-electron chi connectivity index (χ3n) is 5.33. The Morgan fingerprint density at radius 3 is 1.40 bits per heavy atom. The quantitative estimate of drug-likeness (QED) is 0.204. The molecular weight excluding hydrogens is 327 g/mol. The molecule has 0 amide bonds. The second kappa shape index (κ2) is 19.6. The zero-order chi connectivity index (χ0) is 17.3. The van der Waals surface area contributed by atoms with Crippen molar-refractivity contribution < 1.29 is 0 Å². The molecule has 1 aromatic carbocycles. The van der Waals surface area contributed by atoms with E-state index in [1.54, 1.807) is 5.56 Å². The maximum atomic E-state index is 2.35. The van der Waals surface area contributed by atoms with Gasteiger partial charge in [-0.3, -0.25) is 0 Å². The van der Waals surface area contributed by atoms with Gasteiger partial charge in [-0.25, -0.2) is 0 Å². The monoisotopic (exact) mass is 370 g/mol. The van der Waals surface area contributed by atoms with E-state index >= 15 is 0 Å². The van der Waals surface area contributed by atoms with Crippen molar-refractivity contribution in [2.75, 3.05) is 0 Å². The number of rotatable bonds is 16. The first-order valence-corrected chi connectivity index (χ1v) is 10.9. The van der Waals surface area contributed by atoms with Gasteiger partial charge in [0, 0.05) is 0 Å². The van der Waals surface area contributed by atoms with Gasteiger partial charge in [0.25, 0.3) is 0 Å². The van der Waals surface area contributed by atoms with E-state index in [0.717, 1.165) is 5.92 Å². The number of unbranched alkanes of at least 4 members (excludes halogenated alkanes) is 11. The van der Waals surface area contributed by atoms with E-state index < -0.39 is 0 Å². The van der Waals surface area contributed by atoms with Crippen molar-refractivity contribution in [2.24, 2.45) is 0 Å². The summed E-state index contributed by atoms with van der Waals surface area (Å²) in [5.41, 5.74) is 1.58. The van der Waals surface area contributed by atoms with Crippen molar-refractivity contribution in [2.45, 2.75) is 116 Å². The van der Waals surface area contributed by atoms with Crippen LogP contribution in [0.25, 0.3) is 0 Å². The molecule has 1 unspecified atom stereocenters. The standard InChI is InChI=1S/C24H42.K.H/c1-3-5-7-9-11-13-16-20-23(24-21-17-14-18-22-24)19-15-12-10-8-6-4-2;;/h14,17-18,21-23H,3-13,15-16,19-20H2,1-2H3;;. The van der Waals surface area contributed by atoms with Crippen LogP contribution in [0, 0.1) is 0 Å². The molecule has 0 saturated heterocycles. The number of benzene rings is 1. The molecular formula is C24H43K. The summed E-state index contributed by atoms with van der Waals surface area (Å²) in [6, 6.07) is 11.3. The second-order valence-electron chi connectivity index (χ2n) is 7.57. The molecule has 1 atom stereocenters. The summed E-state index contributed by atoms with van der Waals surface area (Å²) in [5.74, 6) is 0.799. The van der Waals surface area contributed by atoms with Gasteiger partial charge in [-0.15, -0.1) is 0 Å². The van der Waals surface area contributed by atoms with Gasteiger partial charge in [0.2, 0.25) is 0 Å². The first kappa shape index (κ1) is 25.9. The fourth-order valence-corrected chi connectivity index (χ4v) is 3.72. The first-order valence-electron chi connectivity index (χ1n) is 10.9. The van der Waals surface area contributed by atoms with Crippen LogP contribution < -0.4 is 0 Å². The van der Waals surface area contributed by atoms with Crippen LogP contribution >= 0.6 is 0 Å². The molecule has 0 aromatic heterocycles. The third-order valence-corrected chi connectivity index (χ3v) is 5.33. The molecule has 0 aliphatic carbocycles. The normalized spacial score (nSPS) is 11.9. The molecule has 1 rings (SSSR count). The molecule has 1 heteroatoms. The van der Waals surface area contributed by atoms with Crippen molar-refractivity contribution in [3.63, 3.8) is 0 Å². The Morgan fingerprint density at radius 2 is 0.960 bits per heavy atom. The fourth-order valence-electron chi connectivity index (χ4n) is 3.72. The predicted molar refractivity (Wildman–Crippen MR) is 117 cm³/mol. The average Bonchev–Trinajstić information content (AvgIpc) is 2.62. The SMILES string of the molecule is CCCCCCCCCC(CCCCCCCC)c1ccccc1.[KH]. The van der Waals surface area contributed by atoms with Gasteiger partial charge >= 0.3 is 51.4 Å². The van der Waals surface area contributed by atoms with Gasteiger partial charge in [-0.1, -0.05) is 128 Å². The molecule has 0 spiro atoms. The van der Waals surface area contributed by atoms with E-state index in [0.29, 0.717) is 0 Å². The van der Waals surface area contributed by atoms with Crippen LogP contribution in [0.3, 0.4) is 0 Å². The zero-order valence-corrected chi connectivity index (χ0v) is 16.6. The van der Waals surface area contributed by atoms with E-state index in [-0.39, 0.29) is 51.4 Å². The molecule has 0 aliphatic rings. The summed E-state index contributed by atoms with van der Waals surface area (Å²) in [6.45, 7) is 4.60. The van der Waals surface area contributed by atoms with Gasteiger partial charge in [-0.2, -0.15) is 0 Å². The molecule has 0 N–H and O–H groups in total. The summed E-state index contributed by atoms with van der Waals surface area (Å²) < 4.78 is 0. The van der Waals surface area contributed by atoms with Crippen molar-refractivity contribution >= 4 is 51.4 Å². The van der Waals surface area contributed by atoms with Crippen LogP contribution in [0.15, 0.2) is 30.3 Å². The second-order valence-corrected chi connectivity index (χ2v) is 7.57. The summed E-state index contributed by atoms with van der Waals surface area (Å²) in [7, 11) is 0. The molecule has 0 heterocycles. The molecule has 0 radical (unpaired) electrons. The van der Waals surface area contributed by atoms with Crippen molar-refractivity contribution in [3.05, 3.63) is 35.9 Å². The van der Waals surface area contributed by atoms with Crippen LogP contribution in [0.2, 0.25) is 0 Å².